The molecule has 0 amide bonds. The number of benzene rings is 1. The van der Waals surface area contributed by atoms with E-state index in [4.69, 9.17) is 5.73 Å². The van der Waals surface area contributed by atoms with Crippen molar-refractivity contribution in [2.75, 3.05) is 5.73 Å². The molecule has 0 spiro atoms. The zero-order valence-electron chi connectivity index (χ0n) is 7.09. The largest absolute Gasteiger partial charge is 0.399 e. The fourth-order valence-electron chi connectivity index (χ4n) is 1.33. The molecule has 1 aromatic heterocycles. The molecule has 1 heterocycles. The van der Waals surface area contributed by atoms with E-state index in [1.54, 1.807) is 11.3 Å². The van der Waals surface area contributed by atoms with Gasteiger partial charge in [-0.15, -0.1) is 11.3 Å². The Kier molecular flexibility index (Phi) is 1.54. The van der Waals surface area contributed by atoms with Crippen molar-refractivity contribution in [2.24, 2.45) is 0 Å². The van der Waals surface area contributed by atoms with E-state index in [9.17, 15) is 0 Å². The van der Waals surface area contributed by atoms with E-state index in [0.717, 1.165) is 21.8 Å². The van der Waals surface area contributed by atoms with Gasteiger partial charge >= 0.3 is 0 Å². The maximum Gasteiger partial charge on any atom is 0.0907 e. The number of aryl methyl sites for hydroxylation is 2. The van der Waals surface area contributed by atoms with Crippen molar-refractivity contribution in [2.45, 2.75) is 13.8 Å². The fourth-order valence-corrected chi connectivity index (χ4v) is 2.29. The van der Waals surface area contributed by atoms with Crippen LogP contribution in [0.2, 0.25) is 0 Å². The second kappa shape index (κ2) is 2.45. The number of nitrogen functional groups attached to an aromatic ring is 1. The molecular formula is C9H10N2S. The van der Waals surface area contributed by atoms with E-state index >= 15 is 0 Å². The Bertz CT molecular complexity index is 431. The van der Waals surface area contributed by atoms with Crippen LogP contribution < -0.4 is 5.73 Å². The van der Waals surface area contributed by atoms with Gasteiger partial charge in [0.25, 0.3) is 0 Å². The van der Waals surface area contributed by atoms with Crippen molar-refractivity contribution in [1.29, 1.82) is 0 Å². The lowest BCUT2D eigenvalue weighted by Crippen LogP contribution is -1.85. The standard InChI is InChI=1S/C9H10N2S/c1-5-3-7(10)4-8-9(5)11-6(2)12-8/h3-4H,10H2,1-2H3. The van der Waals surface area contributed by atoms with Crippen LogP contribution in [0.3, 0.4) is 0 Å². The van der Waals surface area contributed by atoms with Crippen LogP contribution in [0.25, 0.3) is 10.2 Å². The third kappa shape index (κ3) is 1.06. The predicted molar refractivity (Wildman–Crippen MR) is 53.5 cm³/mol. The van der Waals surface area contributed by atoms with E-state index < -0.39 is 0 Å². The summed E-state index contributed by atoms with van der Waals surface area (Å²) in [6, 6.07) is 3.94. The Morgan fingerprint density at radius 2 is 2.08 bits per heavy atom. The molecule has 0 bridgehead atoms. The molecule has 1 aromatic carbocycles. The Morgan fingerprint density at radius 3 is 2.83 bits per heavy atom. The third-order valence-corrected chi connectivity index (χ3v) is 2.73. The SMILES string of the molecule is Cc1nc2c(C)cc(N)cc2s1. The normalized spacial score (nSPS) is 10.8. The monoisotopic (exact) mass is 178 g/mol. The van der Waals surface area contributed by atoms with Crippen molar-refractivity contribution >= 4 is 27.2 Å². The third-order valence-electron chi connectivity index (χ3n) is 1.81. The van der Waals surface area contributed by atoms with Gasteiger partial charge in [0.1, 0.15) is 0 Å². The Labute approximate surface area is 75.0 Å². The number of thiazole rings is 1. The van der Waals surface area contributed by atoms with Crippen molar-refractivity contribution in [3.63, 3.8) is 0 Å². The maximum atomic E-state index is 5.71. The fraction of sp³-hybridized carbons (Fsp3) is 0.222. The van der Waals surface area contributed by atoms with Gasteiger partial charge in [-0.05, 0) is 31.5 Å². The second-order valence-corrected chi connectivity index (χ2v) is 4.15. The first-order chi connectivity index (χ1) is 5.66. The number of aromatic nitrogens is 1. The van der Waals surface area contributed by atoms with Gasteiger partial charge in [0.2, 0.25) is 0 Å². The van der Waals surface area contributed by atoms with E-state index in [1.165, 1.54) is 4.70 Å². The highest BCUT2D eigenvalue weighted by Crippen LogP contribution is 2.26. The molecule has 3 heteroatoms. The minimum absolute atomic E-state index is 0.823. The van der Waals surface area contributed by atoms with Gasteiger partial charge in [-0.25, -0.2) is 4.98 Å². The summed E-state index contributed by atoms with van der Waals surface area (Å²) < 4.78 is 1.19. The van der Waals surface area contributed by atoms with Gasteiger partial charge < -0.3 is 5.73 Å². The summed E-state index contributed by atoms with van der Waals surface area (Å²) in [7, 11) is 0. The summed E-state index contributed by atoms with van der Waals surface area (Å²) >= 11 is 1.69. The van der Waals surface area contributed by atoms with Gasteiger partial charge in [-0.3, -0.25) is 0 Å². The van der Waals surface area contributed by atoms with Crippen molar-refractivity contribution in [3.8, 4) is 0 Å². The Morgan fingerprint density at radius 1 is 1.33 bits per heavy atom. The molecule has 12 heavy (non-hydrogen) atoms. The molecule has 2 N–H and O–H groups in total. The van der Waals surface area contributed by atoms with Gasteiger partial charge in [0.15, 0.2) is 0 Å². The molecule has 62 valence electrons. The first kappa shape index (κ1) is 7.55. The molecule has 0 aliphatic rings. The summed E-state index contributed by atoms with van der Waals surface area (Å²) in [6.07, 6.45) is 0. The predicted octanol–water partition coefficient (Wildman–Crippen LogP) is 2.50. The van der Waals surface area contributed by atoms with Gasteiger partial charge in [0, 0.05) is 5.69 Å². The number of nitrogens with two attached hydrogens (primary N) is 1. The van der Waals surface area contributed by atoms with E-state index in [1.807, 2.05) is 26.0 Å². The second-order valence-electron chi connectivity index (χ2n) is 2.92. The molecule has 0 fully saturated rings. The van der Waals surface area contributed by atoms with Crippen LogP contribution in [0.15, 0.2) is 12.1 Å². The molecule has 2 rings (SSSR count). The molecule has 0 radical (unpaired) electrons. The van der Waals surface area contributed by atoms with Crippen LogP contribution in [-0.4, -0.2) is 4.98 Å². The lowest BCUT2D eigenvalue weighted by Gasteiger charge is -1.95. The highest BCUT2D eigenvalue weighted by Gasteiger charge is 2.03. The molecule has 0 atom stereocenters. The number of fused-ring (bicyclic) bond motifs is 1. The molecule has 0 unspecified atom stereocenters. The number of rotatable bonds is 0. The minimum Gasteiger partial charge on any atom is -0.399 e. The van der Waals surface area contributed by atoms with Crippen LogP contribution >= 0.6 is 11.3 Å². The zero-order chi connectivity index (χ0) is 8.72. The number of nitrogens with zero attached hydrogens (tertiary/aromatic N) is 1. The molecule has 2 nitrogen and oxygen atoms in total. The summed E-state index contributed by atoms with van der Waals surface area (Å²) in [5, 5.41) is 1.10. The van der Waals surface area contributed by atoms with Crippen LogP contribution in [0, 0.1) is 13.8 Å². The Hall–Kier alpha value is -1.09. The lowest BCUT2D eigenvalue weighted by molar-refractivity contribution is 1.32. The summed E-state index contributed by atoms with van der Waals surface area (Å²) in [5.74, 6) is 0. The molecule has 2 aromatic rings. The van der Waals surface area contributed by atoms with Crippen LogP contribution in [-0.2, 0) is 0 Å². The van der Waals surface area contributed by atoms with Gasteiger partial charge in [0.05, 0.1) is 15.2 Å². The molecule has 0 saturated carbocycles. The molecule has 0 aliphatic heterocycles. The number of hydrogen-bond acceptors (Lipinski definition) is 3. The van der Waals surface area contributed by atoms with Crippen LogP contribution in [0.4, 0.5) is 5.69 Å². The van der Waals surface area contributed by atoms with E-state index in [2.05, 4.69) is 4.98 Å². The number of hydrogen-bond donors (Lipinski definition) is 1. The van der Waals surface area contributed by atoms with Gasteiger partial charge in [-0.1, -0.05) is 0 Å². The zero-order valence-corrected chi connectivity index (χ0v) is 7.90. The lowest BCUT2D eigenvalue weighted by atomic mass is 10.2. The quantitative estimate of drug-likeness (QED) is 0.629. The highest BCUT2D eigenvalue weighted by molar-refractivity contribution is 7.18. The van der Waals surface area contributed by atoms with Gasteiger partial charge in [-0.2, -0.15) is 0 Å². The Balaban J connectivity index is 2.88. The summed E-state index contributed by atoms with van der Waals surface area (Å²) in [5.41, 5.74) is 8.79. The average molecular weight is 178 g/mol. The van der Waals surface area contributed by atoms with Crippen molar-refractivity contribution in [3.05, 3.63) is 22.7 Å². The molecule has 0 saturated heterocycles. The minimum atomic E-state index is 0.823. The molecular weight excluding hydrogens is 168 g/mol. The maximum absolute atomic E-state index is 5.71. The van der Waals surface area contributed by atoms with E-state index in [-0.39, 0.29) is 0 Å². The summed E-state index contributed by atoms with van der Waals surface area (Å²) in [6.45, 7) is 4.05. The highest BCUT2D eigenvalue weighted by atomic mass is 32.1. The average Bonchev–Trinajstić information content (AvgIpc) is 2.29. The van der Waals surface area contributed by atoms with Crippen molar-refractivity contribution in [1.82, 2.24) is 4.98 Å². The van der Waals surface area contributed by atoms with Crippen molar-refractivity contribution < 1.29 is 0 Å². The first-order valence-corrected chi connectivity index (χ1v) is 4.62. The number of anilines is 1. The van der Waals surface area contributed by atoms with Crippen LogP contribution in [0.5, 0.6) is 0 Å². The topological polar surface area (TPSA) is 38.9 Å². The van der Waals surface area contributed by atoms with Crippen LogP contribution in [0.1, 0.15) is 10.6 Å². The van der Waals surface area contributed by atoms with E-state index in [0.29, 0.717) is 0 Å². The first-order valence-electron chi connectivity index (χ1n) is 3.80. The smallest absolute Gasteiger partial charge is 0.0907 e. The summed E-state index contributed by atoms with van der Waals surface area (Å²) in [4.78, 5) is 4.42. The molecule has 0 aliphatic carbocycles.